The maximum atomic E-state index is 9.55. The van der Waals surface area contributed by atoms with Crippen molar-refractivity contribution in [3.05, 3.63) is 78.1 Å². The Hall–Kier alpha value is -3.00. The van der Waals surface area contributed by atoms with Crippen LogP contribution in [-0.4, -0.2) is 36.2 Å². The van der Waals surface area contributed by atoms with Gasteiger partial charge >= 0.3 is 0 Å². The maximum Gasteiger partial charge on any atom is 0.148 e. The second kappa shape index (κ2) is 8.13. The van der Waals surface area contributed by atoms with Gasteiger partial charge in [-0.05, 0) is 28.3 Å². The fraction of sp³-hybridized carbons (Fsp3) is 0.217. The molecule has 1 aliphatic heterocycles. The van der Waals surface area contributed by atoms with Gasteiger partial charge in [0.25, 0.3) is 0 Å². The number of hydrogen-bond donors (Lipinski definition) is 0. The third kappa shape index (κ3) is 3.90. The Morgan fingerprint density at radius 1 is 0.926 bits per heavy atom. The molecule has 1 aromatic heterocycles. The summed E-state index contributed by atoms with van der Waals surface area (Å²) in [5.74, 6) is 0. The summed E-state index contributed by atoms with van der Waals surface area (Å²) >= 11 is 0. The summed E-state index contributed by atoms with van der Waals surface area (Å²) in [6.45, 7) is 4.53. The molecule has 4 nitrogen and oxygen atoms in total. The van der Waals surface area contributed by atoms with E-state index in [4.69, 9.17) is 4.74 Å². The highest BCUT2D eigenvalue weighted by molar-refractivity contribution is 5.86. The van der Waals surface area contributed by atoms with Crippen molar-refractivity contribution in [2.45, 2.75) is 6.54 Å². The molecule has 27 heavy (non-hydrogen) atoms. The van der Waals surface area contributed by atoms with Gasteiger partial charge in [-0.1, -0.05) is 54.6 Å². The summed E-state index contributed by atoms with van der Waals surface area (Å²) in [5, 5.41) is 9.55. The Balaban J connectivity index is 1.66. The zero-order valence-electron chi connectivity index (χ0n) is 15.1. The van der Waals surface area contributed by atoms with Crippen LogP contribution in [0.2, 0.25) is 0 Å². The molecule has 0 bridgehead atoms. The highest BCUT2D eigenvalue weighted by Gasteiger charge is 2.14. The van der Waals surface area contributed by atoms with Crippen molar-refractivity contribution in [2.24, 2.45) is 0 Å². The zero-order valence-corrected chi connectivity index (χ0v) is 15.1. The van der Waals surface area contributed by atoms with E-state index in [1.54, 1.807) is 6.20 Å². The molecule has 0 spiro atoms. The predicted molar refractivity (Wildman–Crippen MR) is 106 cm³/mol. The van der Waals surface area contributed by atoms with Crippen molar-refractivity contribution >= 4 is 0 Å². The van der Waals surface area contributed by atoms with Gasteiger partial charge in [0.15, 0.2) is 0 Å². The molecule has 0 N–H and O–H groups in total. The van der Waals surface area contributed by atoms with Crippen molar-refractivity contribution in [1.29, 1.82) is 5.26 Å². The van der Waals surface area contributed by atoms with E-state index in [2.05, 4.69) is 40.2 Å². The van der Waals surface area contributed by atoms with E-state index in [0.717, 1.165) is 55.1 Å². The standard InChI is InChI=1S/C23H21N3O/c24-16-22-23(20-4-2-1-3-5-20)21(10-11-25-22)19-8-6-18(7-9-19)17-26-12-14-27-15-13-26/h1-11H,12-15,17H2. The molecule has 134 valence electrons. The van der Waals surface area contributed by atoms with E-state index in [1.807, 2.05) is 36.4 Å². The van der Waals surface area contributed by atoms with Crippen molar-refractivity contribution in [3.63, 3.8) is 0 Å². The molecule has 0 amide bonds. The molecule has 4 heteroatoms. The van der Waals surface area contributed by atoms with Gasteiger partial charge in [0.1, 0.15) is 11.8 Å². The molecule has 0 unspecified atom stereocenters. The number of benzene rings is 2. The Kier molecular flexibility index (Phi) is 5.24. The van der Waals surface area contributed by atoms with Gasteiger partial charge in [0.05, 0.1) is 13.2 Å². The fourth-order valence-corrected chi connectivity index (χ4v) is 3.49. The van der Waals surface area contributed by atoms with Crippen LogP contribution in [0.3, 0.4) is 0 Å². The highest BCUT2D eigenvalue weighted by atomic mass is 16.5. The van der Waals surface area contributed by atoms with Crippen LogP contribution in [0.25, 0.3) is 22.3 Å². The van der Waals surface area contributed by atoms with Gasteiger partial charge in [-0.3, -0.25) is 4.90 Å². The third-order valence-electron chi connectivity index (χ3n) is 4.89. The molecule has 0 radical (unpaired) electrons. The molecule has 1 aliphatic rings. The highest BCUT2D eigenvalue weighted by Crippen LogP contribution is 2.33. The average molecular weight is 355 g/mol. The number of rotatable bonds is 4. The van der Waals surface area contributed by atoms with Crippen LogP contribution in [0.15, 0.2) is 66.9 Å². The summed E-state index contributed by atoms with van der Waals surface area (Å²) in [6.07, 6.45) is 1.71. The topological polar surface area (TPSA) is 49.2 Å². The van der Waals surface area contributed by atoms with E-state index in [9.17, 15) is 5.26 Å². The molecule has 2 heterocycles. The first kappa shape index (κ1) is 17.4. The van der Waals surface area contributed by atoms with Gasteiger partial charge in [0.2, 0.25) is 0 Å². The SMILES string of the molecule is N#Cc1nccc(-c2ccc(CN3CCOCC3)cc2)c1-c1ccccc1. The van der Waals surface area contributed by atoms with Gasteiger partial charge < -0.3 is 4.74 Å². The lowest BCUT2D eigenvalue weighted by Gasteiger charge is -2.26. The van der Waals surface area contributed by atoms with E-state index < -0.39 is 0 Å². The van der Waals surface area contributed by atoms with E-state index in [-0.39, 0.29) is 0 Å². The van der Waals surface area contributed by atoms with Gasteiger partial charge in [-0.15, -0.1) is 0 Å². The Bertz CT molecular complexity index is 940. The lowest BCUT2D eigenvalue weighted by molar-refractivity contribution is 0.0342. The van der Waals surface area contributed by atoms with Gasteiger partial charge in [-0.25, -0.2) is 4.98 Å². The van der Waals surface area contributed by atoms with Crippen LogP contribution in [-0.2, 0) is 11.3 Å². The van der Waals surface area contributed by atoms with Crippen molar-refractivity contribution < 1.29 is 4.74 Å². The second-order valence-electron chi connectivity index (χ2n) is 6.65. The molecular formula is C23H21N3O. The largest absolute Gasteiger partial charge is 0.379 e. The zero-order chi connectivity index (χ0) is 18.5. The minimum absolute atomic E-state index is 0.455. The number of aromatic nitrogens is 1. The molecule has 0 aliphatic carbocycles. The summed E-state index contributed by atoms with van der Waals surface area (Å²) < 4.78 is 5.42. The Labute approximate surface area is 159 Å². The number of hydrogen-bond acceptors (Lipinski definition) is 4. The van der Waals surface area contributed by atoms with Gasteiger partial charge in [-0.2, -0.15) is 5.26 Å². The number of pyridine rings is 1. The fourth-order valence-electron chi connectivity index (χ4n) is 3.49. The summed E-state index contributed by atoms with van der Waals surface area (Å²) in [5.41, 5.74) is 5.77. The van der Waals surface area contributed by atoms with E-state index in [1.165, 1.54) is 5.56 Å². The number of nitriles is 1. The molecule has 3 aromatic rings. The van der Waals surface area contributed by atoms with Crippen molar-refractivity contribution in [3.8, 4) is 28.3 Å². The number of nitrogens with zero attached hydrogens (tertiary/aromatic N) is 3. The van der Waals surface area contributed by atoms with Crippen LogP contribution >= 0.6 is 0 Å². The lowest BCUT2D eigenvalue weighted by atomic mass is 9.93. The van der Waals surface area contributed by atoms with Crippen LogP contribution in [0.1, 0.15) is 11.3 Å². The number of morpholine rings is 1. The first-order valence-corrected chi connectivity index (χ1v) is 9.19. The first-order valence-electron chi connectivity index (χ1n) is 9.19. The molecule has 1 saturated heterocycles. The monoisotopic (exact) mass is 355 g/mol. The molecule has 4 rings (SSSR count). The minimum Gasteiger partial charge on any atom is -0.379 e. The van der Waals surface area contributed by atoms with Crippen LogP contribution < -0.4 is 0 Å². The number of ether oxygens (including phenoxy) is 1. The van der Waals surface area contributed by atoms with Crippen LogP contribution in [0.5, 0.6) is 0 Å². The van der Waals surface area contributed by atoms with Crippen LogP contribution in [0.4, 0.5) is 0 Å². The summed E-state index contributed by atoms with van der Waals surface area (Å²) in [7, 11) is 0. The Morgan fingerprint density at radius 2 is 1.67 bits per heavy atom. The molecule has 2 aromatic carbocycles. The predicted octanol–water partition coefficient (Wildman–Crippen LogP) is 4.12. The molecule has 0 atom stereocenters. The van der Waals surface area contributed by atoms with Crippen LogP contribution in [0, 0.1) is 11.3 Å². The first-order chi connectivity index (χ1) is 13.3. The average Bonchev–Trinajstić information content (AvgIpc) is 2.75. The minimum atomic E-state index is 0.455. The quantitative estimate of drug-likeness (QED) is 0.706. The van der Waals surface area contributed by atoms with Gasteiger partial charge in [0, 0.05) is 31.4 Å². The van der Waals surface area contributed by atoms with E-state index in [0.29, 0.717) is 5.69 Å². The molecular weight excluding hydrogens is 334 g/mol. The lowest BCUT2D eigenvalue weighted by Crippen LogP contribution is -2.35. The maximum absolute atomic E-state index is 9.55. The third-order valence-corrected chi connectivity index (χ3v) is 4.89. The smallest absolute Gasteiger partial charge is 0.148 e. The summed E-state index contributed by atoms with van der Waals surface area (Å²) in [4.78, 5) is 6.69. The van der Waals surface area contributed by atoms with Crippen molar-refractivity contribution in [1.82, 2.24) is 9.88 Å². The molecule has 1 fully saturated rings. The Morgan fingerprint density at radius 3 is 2.37 bits per heavy atom. The molecule has 0 saturated carbocycles. The second-order valence-corrected chi connectivity index (χ2v) is 6.65. The normalized spacial score (nSPS) is 14.6. The van der Waals surface area contributed by atoms with E-state index >= 15 is 0 Å². The summed E-state index contributed by atoms with van der Waals surface area (Å²) in [6, 6.07) is 22.8. The van der Waals surface area contributed by atoms with Crippen molar-refractivity contribution in [2.75, 3.05) is 26.3 Å².